The fourth-order valence-corrected chi connectivity index (χ4v) is 2.48. The molecule has 0 saturated carbocycles. The smallest absolute Gasteiger partial charge is 0.278 e. The number of aromatic nitrogens is 4. The van der Waals surface area contributed by atoms with Crippen molar-refractivity contribution in [2.45, 2.75) is 0 Å². The quantitative estimate of drug-likeness (QED) is 0.566. The summed E-state index contributed by atoms with van der Waals surface area (Å²) in [6, 6.07) is 13.0. The predicted octanol–water partition coefficient (Wildman–Crippen LogP) is 3.36. The Morgan fingerprint density at radius 3 is 2.48 bits per heavy atom. The van der Waals surface area contributed by atoms with Gasteiger partial charge in [0.15, 0.2) is 11.5 Å². The van der Waals surface area contributed by atoms with Crippen molar-refractivity contribution in [3.63, 3.8) is 0 Å². The largest absolute Gasteiger partial charge is 0.493 e. The molecule has 2 heterocycles. The Labute approximate surface area is 143 Å². The number of methoxy groups -OCH3 is 2. The van der Waals surface area contributed by atoms with Gasteiger partial charge in [0, 0.05) is 5.56 Å². The molecule has 7 nitrogen and oxygen atoms in total. The molecule has 0 aliphatic carbocycles. The predicted molar refractivity (Wildman–Crippen MR) is 91.4 cm³/mol. The summed E-state index contributed by atoms with van der Waals surface area (Å²) in [5.41, 5.74) is 2.86. The number of benzene rings is 2. The highest BCUT2D eigenvalue weighted by Gasteiger charge is 2.14. The van der Waals surface area contributed by atoms with E-state index < -0.39 is 0 Å². The van der Waals surface area contributed by atoms with Crippen molar-refractivity contribution < 1.29 is 14.0 Å². The first kappa shape index (κ1) is 15.1. The zero-order valence-electron chi connectivity index (χ0n) is 13.6. The number of para-hydroxylation sites is 2. The average Bonchev–Trinajstić information content (AvgIpc) is 3.17. The normalized spacial score (nSPS) is 10.8. The van der Waals surface area contributed by atoms with Crippen molar-refractivity contribution in [2.24, 2.45) is 0 Å². The maximum Gasteiger partial charge on any atom is 0.278 e. The summed E-state index contributed by atoms with van der Waals surface area (Å²) in [6.45, 7) is 0. The van der Waals surface area contributed by atoms with Crippen molar-refractivity contribution in [3.8, 4) is 34.5 Å². The molecular formula is C18H14N4O3. The molecule has 4 rings (SSSR count). The van der Waals surface area contributed by atoms with Crippen LogP contribution >= 0.6 is 0 Å². The Kier molecular flexibility index (Phi) is 3.74. The second kappa shape index (κ2) is 6.20. The molecule has 0 unspecified atom stereocenters. The highest BCUT2D eigenvalue weighted by molar-refractivity contribution is 5.75. The molecule has 7 heteroatoms. The molecule has 0 fully saturated rings. The van der Waals surface area contributed by atoms with E-state index in [4.69, 9.17) is 14.0 Å². The Morgan fingerprint density at radius 1 is 0.880 bits per heavy atom. The third-order valence-corrected chi connectivity index (χ3v) is 3.74. The van der Waals surface area contributed by atoms with Crippen LogP contribution in [-0.2, 0) is 0 Å². The van der Waals surface area contributed by atoms with Crippen LogP contribution in [0.5, 0.6) is 11.5 Å². The Hall–Kier alpha value is -3.48. The molecule has 124 valence electrons. The number of hydrogen-bond donors (Lipinski definition) is 0. The van der Waals surface area contributed by atoms with E-state index in [0.29, 0.717) is 28.9 Å². The highest BCUT2D eigenvalue weighted by Crippen LogP contribution is 2.31. The maximum atomic E-state index is 5.35. The van der Waals surface area contributed by atoms with Gasteiger partial charge >= 0.3 is 0 Å². The lowest BCUT2D eigenvalue weighted by atomic mass is 10.2. The van der Waals surface area contributed by atoms with Crippen molar-refractivity contribution in [1.29, 1.82) is 0 Å². The van der Waals surface area contributed by atoms with Crippen molar-refractivity contribution in [3.05, 3.63) is 48.7 Å². The van der Waals surface area contributed by atoms with Crippen LogP contribution in [-0.4, -0.2) is 34.3 Å². The van der Waals surface area contributed by atoms with E-state index in [-0.39, 0.29) is 0 Å². The van der Waals surface area contributed by atoms with E-state index >= 15 is 0 Å². The molecule has 2 aromatic carbocycles. The summed E-state index contributed by atoms with van der Waals surface area (Å²) >= 11 is 0. The van der Waals surface area contributed by atoms with E-state index in [2.05, 4.69) is 20.1 Å². The molecule has 0 N–H and O–H groups in total. The van der Waals surface area contributed by atoms with Crippen LogP contribution in [0.3, 0.4) is 0 Å². The summed E-state index contributed by atoms with van der Waals surface area (Å²) in [5, 5.41) is 4.02. The molecule has 0 radical (unpaired) electrons. The fraction of sp³-hybridized carbons (Fsp3) is 0.111. The highest BCUT2D eigenvalue weighted by atomic mass is 16.5. The molecule has 25 heavy (non-hydrogen) atoms. The molecule has 0 amide bonds. The average molecular weight is 334 g/mol. The molecule has 0 aliphatic rings. The maximum absolute atomic E-state index is 5.35. The summed E-state index contributed by atoms with van der Waals surface area (Å²) in [5.74, 6) is 1.97. The second-order valence-corrected chi connectivity index (χ2v) is 5.24. The van der Waals surface area contributed by atoms with Gasteiger partial charge in [0.1, 0.15) is 5.69 Å². The lowest BCUT2D eigenvalue weighted by Gasteiger charge is -2.07. The van der Waals surface area contributed by atoms with Crippen molar-refractivity contribution in [1.82, 2.24) is 20.1 Å². The number of nitrogens with zero attached hydrogens (tertiary/aromatic N) is 4. The molecule has 2 aromatic heterocycles. The fourth-order valence-electron chi connectivity index (χ4n) is 2.48. The summed E-state index contributed by atoms with van der Waals surface area (Å²) < 4.78 is 15.9. The lowest BCUT2D eigenvalue weighted by molar-refractivity contribution is 0.355. The first-order valence-electron chi connectivity index (χ1n) is 7.57. The Morgan fingerprint density at radius 2 is 1.68 bits per heavy atom. The van der Waals surface area contributed by atoms with Crippen molar-refractivity contribution >= 4 is 11.0 Å². The number of rotatable bonds is 4. The topological polar surface area (TPSA) is 83.2 Å². The van der Waals surface area contributed by atoms with E-state index in [0.717, 1.165) is 16.6 Å². The van der Waals surface area contributed by atoms with Gasteiger partial charge in [-0.1, -0.05) is 17.3 Å². The summed E-state index contributed by atoms with van der Waals surface area (Å²) in [4.78, 5) is 13.3. The van der Waals surface area contributed by atoms with Crippen LogP contribution in [0.15, 0.2) is 53.2 Å². The Balaban J connectivity index is 1.71. The molecule has 0 saturated heterocycles. The first-order valence-corrected chi connectivity index (χ1v) is 7.57. The number of fused-ring (bicyclic) bond motifs is 1. The standard InChI is InChI=1S/C18H14N4O3/c1-23-15-8-7-11(9-16(15)24-2)17-21-18(25-22-17)14-10-19-12-5-3-4-6-13(12)20-14/h3-10H,1-2H3. The third-order valence-electron chi connectivity index (χ3n) is 3.74. The van der Waals surface area contributed by atoms with Gasteiger partial charge in [0.25, 0.3) is 5.89 Å². The minimum atomic E-state index is 0.308. The summed E-state index contributed by atoms with van der Waals surface area (Å²) in [7, 11) is 3.16. The van der Waals surface area contributed by atoms with E-state index in [1.165, 1.54) is 0 Å². The minimum Gasteiger partial charge on any atom is -0.493 e. The zero-order chi connectivity index (χ0) is 17.2. The molecular weight excluding hydrogens is 320 g/mol. The van der Waals surface area contributed by atoms with E-state index in [9.17, 15) is 0 Å². The number of ether oxygens (including phenoxy) is 2. The van der Waals surface area contributed by atoms with Crippen LogP contribution in [0.2, 0.25) is 0 Å². The van der Waals surface area contributed by atoms with Gasteiger partial charge in [-0.3, -0.25) is 4.98 Å². The zero-order valence-corrected chi connectivity index (χ0v) is 13.6. The van der Waals surface area contributed by atoms with Crippen LogP contribution in [0, 0.1) is 0 Å². The summed E-state index contributed by atoms with van der Waals surface area (Å²) in [6.07, 6.45) is 1.62. The van der Waals surface area contributed by atoms with E-state index in [1.807, 2.05) is 30.3 Å². The van der Waals surface area contributed by atoms with Gasteiger partial charge in [-0.15, -0.1) is 0 Å². The van der Waals surface area contributed by atoms with Gasteiger partial charge in [0.2, 0.25) is 5.82 Å². The van der Waals surface area contributed by atoms with Crippen LogP contribution in [0.4, 0.5) is 0 Å². The van der Waals surface area contributed by atoms with Crippen molar-refractivity contribution in [2.75, 3.05) is 14.2 Å². The first-order chi connectivity index (χ1) is 12.3. The second-order valence-electron chi connectivity index (χ2n) is 5.24. The molecule has 0 bridgehead atoms. The number of hydrogen-bond acceptors (Lipinski definition) is 7. The van der Waals surface area contributed by atoms with Gasteiger partial charge in [0.05, 0.1) is 31.4 Å². The molecule has 0 atom stereocenters. The van der Waals surface area contributed by atoms with E-state index in [1.54, 1.807) is 32.5 Å². The lowest BCUT2D eigenvalue weighted by Crippen LogP contribution is -1.91. The third kappa shape index (κ3) is 2.76. The van der Waals surface area contributed by atoms with Crippen LogP contribution in [0.1, 0.15) is 0 Å². The molecule has 0 spiro atoms. The van der Waals surface area contributed by atoms with Gasteiger partial charge in [-0.25, -0.2) is 4.98 Å². The van der Waals surface area contributed by atoms with Gasteiger partial charge < -0.3 is 14.0 Å². The van der Waals surface area contributed by atoms with Crippen LogP contribution in [0.25, 0.3) is 34.0 Å². The SMILES string of the molecule is COc1ccc(-c2noc(-c3cnc4ccccc4n3)n2)cc1OC. The monoisotopic (exact) mass is 334 g/mol. The molecule has 4 aromatic rings. The van der Waals surface area contributed by atoms with Gasteiger partial charge in [-0.05, 0) is 30.3 Å². The van der Waals surface area contributed by atoms with Gasteiger partial charge in [-0.2, -0.15) is 4.98 Å². The van der Waals surface area contributed by atoms with Crippen LogP contribution < -0.4 is 9.47 Å². The molecule has 0 aliphatic heterocycles. The Bertz CT molecular complexity index is 1050. The minimum absolute atomic E-state index is 0.308.